The first-order valence-corrected chi connectivity index (χ1v) is 11.9. The minimum atomic E-state index is -3.64. The van der Waals surface area contributed by atoms with Gasteiger partial charge in [-0.1, -0.05) is 18.9 Å². The molecule has 1 aromatic carbocycles. The predicted molar refractivity (Wildman–Crippen MR) is 116 cm³/mol. The molecule has 0 spiro atoms. The van der Waals surface area contributed by atoms with Crippen molar-refractivity contribution in [1.29, 1.82) is 0 Å². The van der Waals surface area contributed by atoms with Gasteiger partial charge in [-0.3, -0.25) is 9.59 Å². The Morgan fingerprint density at radius 1 is 1.10 bits per heavy atom. The molecule has 2 aromatic rings. The van der Waals surface area contributed by atoms with E-state index in [1.54, 1.807) is 25.1 Å². The number of nitrogens with one attached hydrogen (secondary N) is 2. The Morgan fingerprint density at radius 2 is 1.80 bits per heavy atom. The molecule has 0 saturated carbocycles. The lowest BCUT2D eigenvalue weighted by Gasteiger charge is -2.21. The molecular formula is C20H24BrN3O5S. The summed E-state index contributed by atoms with van der Waals surface area (Å²) in [6, 6.07) is 7.84. The number of hydrogen-bond acceptors (Lipinski definition) is 5. The summed E-state index contributed by atoms with van der Waals surface area (Å²) >= 11 is 3.11. The van der Waals surface area contributed by atoms with Crippen LogP contribution in [0.25, 0.3) is 0 Å². The van der Waals surface area contributed by atoms with E-state index in [0.29, 0.717) is 29.0 Å². The molecular weight excluding hydrogens is 474 g/mol. The van der Waals surface area contributed by atoms with Crippen molar-refractivity contribution in [1.82, 2.24) is 9.62 Å². The number of carbonyl (C=O) groups is 2. The zero-order valence-electron chi connectivity index (χ0n) is 16.6. The number of carbonyl (C=O) groups excluding carboxylic acids is 2. The lowest BCUT2D eigenvalue weighted by Crippen LogP contribution is -2.33. The molecule has 1 aromatic heterocycles. The molecule has 0 radical (unpaired) electrons. The zero-order valence-corrected chi connectivity index (χ0v) is 19.0. The first-order chi connectivity index (χ1) is 14.3. The minimum absolute atomic E-state index is 0.0795. The Balaban J connectivity index is 1.67. The zero-order chi connectivity index (χ0) is 21.7. The van der Waals surface area contributed by atoms with Crippen LogP contribution in [0.2, 0.25) is 0 Å². The summed E-state index contributed by atoms with van der Waals surface area (Å²) in [6.45, 7) is 2.47. The molecule has 0 unspecified atom stereocenters. The fourth-order valence-electron chi connectivity index (χ4n) is 3.27. The van der Waals surface area contributed by atoms with Crippen LogP contribution in [0.1, 0.15) is 41.8 Å². The summed E-state index contributed by atoms with van der Waals surface area (Å²) < 4.78 is 33.3. The van der Waals surface area contributed by atoms with Gasteiger partial charge in [-0.15, -0.1) is 0 Å². The highest BCUT2D eigenvalue weighted by Gasteiger charge is 2.27. The Morgan fingerprint density at radius 3 is 2.43 bits per heavy atom. The van der Waals surface area contributed by atoms with Crippen molar-refractivity contribution >= 4 is 43.5 Å². The van der Waals surface area contributed by atoms with Crippen molar-refractivity contribution in [2.24, 2.45) is 0 Å². The number of halogens is 1. The third kappa shape index (κ3) is 5.50. The molecule has 2 amide bonds. The van der Waals surface area contributed by atoms with Crippen molar-refractivity contribution in [3.63, 3.8) is 0 Å². The Labute approximate surface area is 184 Å². The maximum atomic E-state index is 13.1. The average molecular weight is 498 g/mol. The maximum Gasteiger partial charge on any atom is 0.287 e. The van der Waals surface area contributed by atoms with Crippen molar-refractivity contribution < 1.29 is 22.4 Å². The second-order valence-electron chi connectivity index (χ2n) is 7.13. The van der Waals surface area contributed by atoms with Crippen LogP contribution in [0, 0.1) is 6.92 Å². The van der Waals surface area contributed by atoms with Gasteiger partial charge < -0.3 is 15.1 Å². The molecule has 1 aliphatic rings. The summed E-state index contributed by atoms with van der Waals surface area (Å²) in [4.78, 5) is 24.4. The first kappa shape index (κ1) is 22.5. The van der Waals surface area contributed by atoms with Crippen molar-refractivity contribution in [3.05, 3.63) is 46.3 Å². The van der Waals surface area contributed by atoms with E-state index in [9.17, 15) is 18.0 Å². The smallest absolute Gasteiger partial charge is 0.287 e. The van der Waals surface area contributed by atoms with Gasteiger partial charge >= 0.3 is 0 Å². The highest BCUT2D eigenvalue weighted by atomic mass is 79.9. The van der Waals surface area contributed by atoms with Gasteiger partial charge in [0, 0.05) is 18.8 Å². The average Bonchev–Trinajstić information content (AvgIpc) is 2.96. The van der Waals surface area contributed by atoms with E-state index < -0.39 is 21.8 Å². The second kappa shape index (κ2) is 9.76. The number of nitrogens with zero attached hydrogens (tertiary/aromatic N) is 1. The fraction of sp³-hybridized carbons (Fsp3) is 0.400. The number of anilines is 1. The van der Waals surface area contributed by atoms with Crippen LogP contribution in [-0.4, -0.2) is 44.2 Å². The van der Waals surface area contributed by atoms with Crippen LogP contribution in [-0.2, 0) is 14.8 Å². The third-order valence-electron chi connectivity index (χ3n) is 4.86. The normalized spacial score (nSPS) is 15.4. The van der Waals surface area contributed by atoms with Crippen molar-refractivity contribution in [3.8, 4) is 0 Å². The summed E-state index contributed by atoms with van der Waals surface area (Å²) in [7, 11) is -3.64. The number of amides is 2. The van der Waals surface area contributed by atoms with E-state index in [2.05, 4.69) is 26.6 Å². The number of rotatable bonds is 6. The van der Waals surface area contributed by atoms with Gasteiger partial charge in [-0.05, 0) is 65.5 Å². The first-order valence-electron chi connectivity index (χ1n) is 9.71. The highest BCUT2D eigenvalue weighted by molar-refractivity contribution is 9.10. The van der Waals surface area contributed by atoms with Gasteiger partial charge in [0.1, 0.15) is 0 Å². The van der Waals surface area contributed by atoms with Crippen molar-refractivity contribution in [2.75, 3.05) is 25.0 Å². The molecule has 1 aliphatic heterocycles. The Kier molecular flexibility index (Phi) is 7.32. The van der Waals surface area contributed by atoms with E-state index in [1.165, 1.54) is 16.4 Å². The molecule has 8 nitrogen and oxygen atoms in total. The fourth-order valence-corrected chi connectivity index (χ4v) is 5.34. The third-order valence-corrected chi connectivity index (χ3v) is 7.33. The predicted octanol–water partition coefficient (Wildman–Crippen LogP) is 3.28. The van der Waals surface area contributed by atoms with Crippen LogP contribution < -0.4 is 10.6 Å². The quantitative estimate of drug-likeness (QED) is 0.636. The van der Waals surface area contributed by atoms with E-state index in [-0.39, 0.29) is 17.2 Å². The topological polar surface area (TPSA) is 109 Å². The van der Waals surface area contributed by atoms with Gasteiger partial charge in [0.2, 0.25) is 15.9 Å². The molecule has 2 heterocycles. The Bertz CT molecular complexity index is 1030. The van der Waals surface area contributed by atoms with Crippen LogP contribution in [0.15, 0.2) is 44.3 Å². The highest BCUT2D eigenvalue weighted by Crippen LogP contribution is 2.25. The molecule has 0 aliphatic carbocycles. The Hall–Kier alpha value is -2.17. The van der Waals surface area contributed by atoms with E-state index in [4.69, 9.17) is 4.42 Å². The monoisotopic (exact) mass is 497 g/mol. The number of sulfonamides is 1. The van der Waals surface area contributed by atoms with Gasteiger partial charge in [0.15, 0.2) is 10.4 Å². The molecule has 1 saturated heterocycles. The SMILES string of the molecule is Cc1ccc(NC(=O)CNC(=O)c2ccc(Br)o2)cc1S(=O)(=O)N1CCCCCC1. The lowest BCUT2D eigenvalue weighted by molar-refractivity contribution is -0.115. The molecule has 10 heteroatoms. The largest absolute Gasteiger partial charge is 0.444 e. The van der Waals surface area contributed by atoms with E-state index in [1.807, 2.05) is 0 Å². The molecule has 162 valence electrons. The molecule has 2 N–H and O–H groups in total. The van der Waals surface area contributed by atoms with Crippen LogP contribution >= 0.6 is 15.9 Å². The van der Waals surface area contributed by atoms with Gasteiger partial charge in [-0.25, -0.2) is 8.42 Å². The number of furan rings is 1. The number of benzene rings is 1. The summed E-state index contributed by atoms with van der Waals surface area (Å²) in [5.41, 5.74) is 0.975. The van der Waals surface area contributed by atoms with Crippen LogP contribution in [0.5, 0.6) is 0 Å². The summed E-state index contributed by atoms with van der Waals surface area (Å²) in [5, 5.41) is 5.09. The molecule has 0 bridgehead atoms. The van der Waals surface area contributed by atoms with Gasteiger partial charge in [-0.2, -0.15) is 4.31 Å². The number of hydrogen-bond donors (Lipinski definition) is 2. The maximum absolute atomic E-state index is 13.1. The standard InChI is InChI=1S/C20H24BrN3O5S/c1-14-6-7-15(12-17(14)30(27,28)24-10-4-2-3-5-11-24)23-19(25)13-22-20(26)16-8-9-18(21)29-16/h6-9,12H,2-5,10-11,13H2,1H3,(H,22,26)(H,23,25). The number of aryl methyl sites for hydroxylation is 1. The molecule has 3 rings (SSSR count). The minimum Gasteiger partial charge on any atom is -0.444 e. The van der Waals surface area contributed by atoms with Crippen molar-refractivity contribution in [2.45, 2.75) is 37.5 Å². The molecule has 30 heavy (non-hydrogen) atoms. The second-order valence-corrected chi connectivity index (χ2v) is 9.82. The van der Waals surface area contributed by atoms with Gasteiger partial charge in [0.05, 0.1) is 11.4 Å². The lowest BCUT2D eigenvalue weighted by atomic mass is 10.2. The van der Waals surface area contributed by atoms with E-state index >= 15 is 0 Å². The van der Waals surface area contributed by atoms with Crippen LogP contribution in [0.3, 0.4) is 0 Å². The van der Waals surface area contributed by atoms with E-state index in [0.717, 1.165) is 25.7 Å². The molecule has 1 fully saturated rings. The summed E-state index contributed by atoms with van der Waals surface area (Å²) in [5.74, 6) is -0.920. The summed E-state index contributed by atoms with van der Waals surface area (Å²) in [6.07, 6.45) is 3.75. The van der Waals surface area contributed by atoms with Crippen LogP contribution in [0.4, 0.5) is 5.69 Å². The molecule has 0 atom stereocenters. The van der Waals surface area contributed by atoms with Gasteiger partial charge in [0.25, 0.3) is 5.91 Å².